The molecule has 1 nitrogen and oxygen atoms in total. The number of nitrogens with one attached hydrogen (secondary N) is 1. The first-order valence-corrected chi connectivity index (χ1v) is 8.38. The van der Waals surface area contributed by atoms with Crippen LogP contribution < -0.4 is 5.32 Å². The third-order valence-electron chi connectivity index (χ3n) is 4.34. The molecule has 1 aromatic rings. The average Bonchev–Trinajstić information content (AvgIpc) is 3.34. The maximum Gasteiger partial charge on any atom is 0.0372 e. The third kappa shape index (κ3) is 4.77. The number of allylic oxidation sites excluding steroid dienone is 4. The number of anilines is 1. The van der Waals surface area contributed by atoms with E-state index in [0.29, 0.717) is 5.92 Å². The van der Waals surface area contributed by atoms with Crippen LogP contribution in [0.25, 0.3) is 0 Å². The molecule has 2 rings (SSSR count). The minimum atomic E-state index is 0.550. The van der Waals surface area contributed by atoms with Gasteiger partial charge < -0.3 is 5.32 Å². The van der Waals surface area contributed by atoms with Crippen molar-refractivity contribution in [1.29, 1.82) is 0 Å². The van der Waals surface area contributed by atoms with Gasteiger partial charge in [0.15, 0.2) is 0 Å². The number of rotatable bonds is 8. The molecule has 1 saturated carbocycles. The lowest BCUT2D eigenvalue weighted by molar-refractivity contribution is 0.781. The van der Waals surface area contributed by atoms with Gasteiger partial charge in [0, 0.05) is 12.7 Å². The van der Waals surface area contributed by atoms with Crippen LogP contribution in [0.15, 0.2) is 48.1 Å². The van der Waals surface area contributed by atoms with Crippen molar-refractivity contribution in [3.8, 4) is 0 Å². The lowest BCUT2D eigenvalue weighted by Crippen LogP contribution is -1.98. The Bertz CT molecular complexity index is 494. The molecule has 1 heteroatoms. The van der Waals surface area contributed by atoms with Crippen molar-refractivity contribution in [2.45, 2.75) is 51.9 Å². The normalized spacial score (nSPS) is 17.2. The molecule has 1 aliphatic rings. The van der Waals surface area contributed by atoms with Crippen molar-refractivity contribution in [2.24, 2.45) is 5.92 Å². The molecular formula is C20H29N. The molecule has 0 saturated heterocycles. The van der Waals surface area contributed by atoms with Gasteiger partial charge in [-0.2, -0.15) is 0 Å². The summed E-state index contributed by atoms with van der Waals surface area (Å²) in [6.45, 7) is 4.58. The largest absolute Gasteiger partial charge is 0.388 e. The molecule has 0 spiro atoms. The molecule has 0 aromatic heterocycles. The minimum Gasteiger partial charge on any atom is -0.388 e. The van der Waals surface area contributed by atoms with E-state index in [0.717, 1.165) is 12.3 Å². The van der Waals surface area contributed by atoms with Crippen LogP contribution >= 0.6 is 0 Å². The van der Waals surface area contributed by atoms with E-state index in [9.17, 15) is 0 Å². The fourth-order valence-electron chi connectivity index (χ4n) is 2.92. The van der Waals surface area contributed by atoms with Gasteiger partial charge in [-0.05, 0) is 49.1 Å². The van der Waals surface area contributed by atoms with Gasteiger partial charge in [-0.3, -0.25) is 0 Å². The van der Waals surface area contributed by atoms with Crippen LogP contribution in [0, 0.1) is 5.92 Å². The second-order valence-corrected chi connectivity index (χ2v) is 6.17. The van der Waals surface area contributed by atoms with Gasteiger partial charge in [-0.25, -0.2) is 0 Å². The van der Waals surface area contributed by atoms with Crippen LogP contribution in [0.1, 0.15) is 57.4 Å². The summed E-state index contributed by atoms with van der Waals surface area (Å²) in [5.74, 6) is 1.45. The molecule has 1 unspecified atom stereocenters. The first-order chi connectivity index (χ1) is 10.3. The number of hydrogen-bond acceptors (Lipinski definition) is 1. The van der Waals surface area contributed by atoms with Crippen LogP contribution in [0.4, 0.5) is 5.69 Å². The molecule has 0 radical (unpaired) electrons. The maximum atomic E-state index is 3.29. The van der Waals surface area contributed by atoms with E-state index in [4.69, 9.17) is 0 Å². The van der Waals surface area contributed by atoms with E-state index in [-0.39, 0.29) is 0 Å². The molecule has 21 heavy (non-hydrogen) atoms. The fraction of sp³-hybridized carbons (Fsp3) is 0.500. The summed E-state index contributed by atoms with van der Waals surface area (Å²) in [4.78, 5) is 0. The van der Waals surface area contributed by atoms with Crippen LogP contribution in [-0.2, 0) is 0 Å². The SMILES string of the molecule is CCC/C(=C\C=CCC(C)c1ccccc1NC)C1CC1. The Morgan fingerprint density at radius 1 is 1.33 bits per heavy atom. The Morgan fingerprint density at radius 3 is 2.76 bits per heavy atom. The van der Waals surface area contributed by atoms with Gasteiger partial charge in [0.1, 0.15) is 0 Å². The molecule has 0 heterocycles. The highest BCUT2D eigenvalue weighted by Gasteiger charge is 2.24. The zero-order chi connectivity index (χ0) is 15.1. The number of para-hydroxylation sites is 1. The standard InChI is InChI=1S/C20H29N/c1-4-9-17(18-14-15-18)11-6-5-10-16(2)19-12-7-8-13-20(19)21-3/h5-8,11-13,16,18,21H,4,9-10,14-15H2,1-3H3/b6-5?,17-11+. The van der Waals surface area contributed by atoms with E-state index in [1.165, 1.54) is 36.9 Å². The Morgan fingerprint density at radius 2 is 2.10 bits per heavy atom. The van der Waals surface area contributed by atoms with Crippen LogP contribution in [-0.4, -0.2) is 7.05 Å². The predicted molar refractivity (Wildman–Crippen MR) is 93.9 cm³/mol. The van der Waals surface area contributed by atoms with Crippen molar-refractivity contribution >= 4 is 5.69 Å². The Balaban J connectivity index is 1.92. The number of hydrogen-bond donors (Lipinski definition) is 1. The van der Waals surface area contributed by atoms with Crippen LogP contribution in [0.3, 0.4) is 0 Å². The van der Waals surface area contributed by atoms with Gasteiger partial charge >= 0.3 is 0 Å². The van der Waals surface area contributed by atoms with Crippen molar-refractivity contribution in [1.82, 2.24) is 0 Å². The molecule has 1 N–H and O–H groups in total. The summed E-state index contributed by atoms with van der Waals surface area (Å²) in [7, 11) is 2.00. The molecule has 1 aromatic carbocycles. The zero-order valence-corrected chi connectivity index (χ0v) is 13.7. The van der Waals surface area contributed by atoms with E-state index >= 15 is 0 Å². The van der Waals surface area contributed by atoms with E-state index in [1.54, 1.807) is 5.57 Å². The van der Waals surface area contributed by atoms with Crippen molar-refractivity contribution in [2.75, 3.05) is 12.4 Å². The highest BCUT2D eigenvalue weighted by atomic mass is 14.8. The average molecular weight is 283 g/mol. The van der Waals surface area contributed by atoms with Gasteiger partial charge in [0.25, 0.3) is 0 Å². The fourth-order valence-corrected chi connectivity index (χ4v) is 2.92. The summed E-state index contributed by atoms with van der Waals surface area (Å²) in [6, 6.07) is 8.60. The molecule has 0 aliphatic heterocycles. The van der Waals surface area contributed by atoms with Gasteiger partial charge in [-0.15, -0.1) is 0 Å². The lowest BCUT2D eigenvalue weighted by Gasteiger charge is -2.14. The number of benzene rings is 1. The second-order valence-electron chi connectivity index (χ2n) is 6.17. The van der Waals surface area contributed by atoms with E-state index in [2.05, 4.69) is 61.7 Å². The molecule has 1 aliphatic carbocycles. The summed E-state index contributed by atoms with van der Waals surface area (Å²) in [5, 5.41) is 3.29. The Kier molecular flexibility index (Phi) is 6.10. The second kappa shape index (κ2) is 8.07. The third-order valence-corrected chi connectivity index (χ3v) is 4.34. The minimum absolute atomic E-state index is 0.550. The van der Waals surface area contributed by atoms with Gasteiger partial charge in [0.05, 0.1) is 0 Å². The highest BCUT2D eigenvalue weighted by molar-refractivity contribution is 5.52. The van der Waals surface area contributed by atoms with Crippen molar-refractivity contribution < 1.29 is 0 Å². The molecule has 0 bridgehead atoms. The summed E-state index contributed by atoms with van der Waals surface area (Å²) >= 11 is 0. The van der Waals surface area contributed by atoms with Crippen molar-refractivity contribution in [3.63, 3.8) is 0 Å². The maximum absolute atomic E-state index is 3.29. The summed E-state index contributed by atoms with van der Waals surface area (Å²) in [6.07, 6.45) is 13.4. The molecule has 1 fully saturated rings. The van der Waals surface area contributed by atoms with Crippen molar-refractivity contribution in [3.05, 3.63) is 53.6 Å². The zero-order valence-electron chi connectivity index (χ0n) is 13.7. The topological polar surface area (TPSA) is 12.0 Å². The van der Waals surface area contributed by atoms with E-state index < -0.39 is 0 Å². The molecule has 1 atom stereocenters. The first kappa shape index (κ1) is 15.9. The van der Waals surface area contributed by atoms with E-state index in [1.807, 2.05) is 7.05 Å². The summed E-state index contributed by atoms with van der Waals surface area (Å²) < 4.78 is 0. The first-order valence-electron chi connectivity index (χ1n) is 8.38. The molecular weight excluding hydrogens is 254 g/mol. The Labute approximate surface area is 130 Å². The predicted octanol–water partition coefficient (Wildman–Crippen LogP) is 5.91. The highest BCUT2D eigenvalue weighted by Crippen LogP contribution is 2.38. The van der Waals surface area contributed by atoms with Crippen LogP contribution in [0.5, 0.6) is 0 Å². The quantitative estimate of drug-likeness (QED) is 0.584. The summed E-state index contributed by atoms with van der Waals surface area (Å²) in [5.41, 5.74) is 4.32. The monoisotopic (exact) mass is 283 g/mol. The van der Waals surface area contributed by atoms with Gasteiger partial charge in [0.2, 0.25) is 0 Å². The smallest absolute Gasteiger partial charge is 0.0372 e. The van der Waals surface area contributed by atoms with Gasteiger partial charge in [-0.1, -0.05) is 62.3 Å². The molecule has 0 amide bonds. The van der Waals surface area contributed by atoms with Crippen LogP contribution in [0.2, 0.25) is 0 Å². The lowest BCUT2D eigenvalue weighted by atomic mass is 9.95. The Hall–Kier alpha value is -1.50. The molecule has 114 valence electrons.